The van der Waals surface area contributed by atoms with Crippen LogP contribution in [0.4, 0.5) is 0 Å². The quantitative estimate of drug-likeness (QED) is 0.566. The molecule has 0 fully saturated rings. The van der Waals surface area contributed by atoms with Crippen LogP contribution in [0.3, 0.4) is 0 Å². The van der Waals surface area contributed by atoms with Gasteiger partial charge < -0.3 is 9.47 Å². The fourth-order valence-corrected chi connectivity index (χ4v) is 0.118. The summed E-state index contributed by atoms with van der Waals surface area (Å²) in [5, 5.41) is 0. The molecule has 0 unspecified atom stereocenters. The molecule has 0 N–H and O–H groups in total. The van der Waals surface area contributed by atoms with Gasteiger partial charge >= 0.3 is 0 Å². The maximum atomic E-state index is 4.60. The normalized spacial score (nSPS) is 6.70. The summed E-state index contributed by atoms with van der Waals surface area (Å²) >= 11 is 0. The summed E-state index contributed by atoms with van der Waals surface area (Å²) in [7, 11) is 1.60. The summed E-state index contributed by atoms with van der Waals surface area (Å²) < 4.78 is 9.15. The molecule has 10 heavy (non-hydrogen) atoms. The molecule has 0 saturated heterocycles. The lowest BCUT2D eigenvalue weighted by Gasteiger charge is -1.88. The highest BCUT2D eigenvalue weighted by Gasteiger charge is 1.65. The minimum Gasteiger partial charge on any atom is -0.502 e. The lowest BCUT2D eigenvalue weighted by Crippen LogP contribution is -1.72. The largest absolute Gasteiger partial charge is 0.502 e. The van der Waals surface area contributed by atoms with E-state index in [0.717, 1.165) is 12.4 Å². The zero-order valence-corrected chi connectivity index (χ0v) is 7.02. The van der Waals surface area contributed by atoms with Crippen LogP contribution < -0.4 is 0 Å². The second-order valence-corrected chi connectivity index (χ2v) is 1.53. The van der Waals surface area contributed by atoms with E-state index in [0.29, 0.717) is 0 Å². The fraction of sp³-hybridized carbons (Fsp3) is 0.500. The van der Waals surface area contributed by atoms with E-state index in [4.69, 9.17) is 0 Å². The van der Waals surface area contributed by atoms with Crippen LogP contribution in [-0.4, -0.2) is 13.7 Å². The van der Waals surface area contributed by atoms with Crippen molar-refractivity contribution in [1.29, 1.82) is 0 Å². The van der Waals surface area contributed by atoms with Crippen molar-refractivity contribution in [2.45, 2.75) is 13.8 Å². The molecule has 60 valence electrons. The average molecular weight is 144 g/mol. The van der Waals surface area contributed by atoms with Crippen LogP contribution in [0.5, 0.6) is 0 Å². The van der Waals surface area contributed by atoms with Crippen molar-refractivity contribution in [2.75, 3.05) is 13.7 Å². The maximum absolute atomic E-state index is 4.60. The molecule has 0 aliphatic rings. The van der Waals surface area contributed by atoms with Gasteiger partial charge in [-0.1, -0.05) is 13.2 Å². The number of rotatable bonds is 3. The van der Waals surface area contributed by atoms with E-state index in [9.17, 15) is 0 Å². The predicted molar refractivity (Wildman–Crippen MR) is 43.6 cm³/mol. The van der Waals surface area contributed by atoms with E-state index in [2.05, 4.69) is 22.6 Å². The lowest BCUT2D eigenvalue weighted by atomic mass is 10.7. The maximum Gasteiger partial charge on any atom is 0.0853 e. The molecule has 0 aromatic heterocycles. The molecule has 0 amide bonds. The molecular formula is C8H16O2. The second-order valence-electron chi connectivity index (χ2n) is 1.53. The standard InChI is InChI=1S/2C4H8O/c1-4(2)5-3;1-3-5-4-2/h1H2,2-3H3;3H,1,4H2,2H3. The van der Waals surface area contributed by atoms with Gasteiger partial charge in [-0.15, -0.1) is 0 Å². The Morgan fingerprint density at radius 1 is 1.60 bits per heavy atom. The molecule has 0 aliphatic carbocycles. The number of ether oxygens (including phenoxy) is 2. The average Bonchev–Trinajstić information content (AvgIpc) is 1.91. The summed E-state index contributed by atoms with van der Waals surface area (Å²) in [5.74, 6) is 0.755. The van der Waals surface area contributed by atoms with Crippen molar-refractivity contribution in [2.24, 2.45) is 0 Å². The van der Waals surface area contributed by atoms with E-state index < -0.39 is 0 Å². The van der Waals surface area contributed by atoms with Gasteiger partial charge in [-0.3, -0.25) is 0 Å². The third-order valence-electron chi connectivity index (χ3n) is 0.633. The Kier molecular flexibility index (Phi) is 13.0. The van der Waals surface area contributed by atoms with Crippen LogP contribution in [0, 0.1) is 0 Å². The zero-order chi connectivity index (χ0) is 8.41. The Labute approximate surface area is 63.1 Å². The van der Waals surface area contributed by atoms with Gasteiger partial charge in [0.15, 0.2) is 0 Å². The van der Waals surface area contributed by atoms with E-state index in [-0.39, 0.29) is 0 Å². The van der Waals surface area contributed by atoms with E-state index in [1.807, 2.05) is 6.92 Å². The summed E-state index contributed by atoms with van der Waals surface area (Å²) in [6.45, 7) is 11.2. The van der Waals surface area contributed by atoms with Gasteiger partial charge in [0, 0.05) is 0 Å². The molecule has 0 bridgehead atoms. The second kappa shape index (κ2) is 11.0. The van der Waals surface area contributed by atoms with Crippen LogP contribution in [0.15, 0.2) is 25.2 Å². The Hall–Kier alpha value is -0.920. The van der Waals surface area contributed by atoms with E-state index in [1.54, 1.807) is 14.0 Å². The Bertz CT molecular complexity index is 87.3. The molecule has 0 aromatic rings. The smallest absolute Gasteiger partial charge is 0.0853 e. The number of hydrogen-bond acceptors (Lipinski definition) is 2. The number of allylic oxidation sites excluding steroid dienone is 1. The van der Waals surface area contributed by atoms with Crippen molar-refractivity contribution in [3.63, 3.8) is 0 Å². The van der Waals surface area contributed by atoms with Gasteiger partial charge in [0.1, 0.15) is 0 Å². The Morgan fingerprint density at radius 2 is 2.00 bits per heavy atom. The molecule has 0 rings (SSSR count). The van der Waals surface area contributed by atoms with Gasteiger partial charge in [-0.05, 0) is 13.8 Å². The van der Waals surface area contributed by atoms with E-state index in [1.165, 1.54) is 6.26 Å². The zero-order valence-electron chi connectivity index (χ0n) is 7.02. The highest BCUT2D eigenvalue weighted by atomic mass is 16.5. The summed E-state index contributed by atoms with van der Waals surface area (Å²) in [6, 6.07) is 0. The molecule has 0 aromatic carbocycles. The number of methoxy groups -OCH3 is 1. The first-order chi connectivity index (χ1) is 4.68. The molecule has 0 saturated carbocycles. The van der Waals surface area contributed by atoms with Gasteiger partial charge in [-0.2, -0.15) is 0 Å². The summed E-state index contributed by atoms with van der Waals surface area (Å²) in [5.41, 5.74) is 0. The third-order valence-corrected chi connectivity index (χ3v) is 0.633. The van der Waals surface area contributed by atoms with Crippen molar-refractivity contribution in [1.82, 2.24) is 0 Å². The van der Waals surface area contributed by atoms with Crippen LogP contribution in [0.25, 0.3) is 0 Å². The Morgan fingerprint density at radius 3 is 2.00 bits per heavy atom. The number of hydrogen-bond donors (Lipinski definition) is 0. The van der Waals surface area contributed by atoms with Gasteiger partial charge in [0.25, 0.3) is 0 Å². The molecule has 0 aliphatic heterocycles. The monoisotopic (exact) mass is 144 g/mol. The molecular weight excluding hydrogens is 128 g/mol. The first kappa shape index (κ1) is 11.8. The fourth-order valence-electron chi connectivity index (χ4n) is 0.118. The highest BCUT2D eigenvalue weighted by molar-refractivity contribution is 4.71. The molecule has 2 heteroatoms. The van der Waals surface area contributed by atoms with Crippen LogP contribution in [-0.2, 0) is 9.47 Å². The molecule has 0 spiro atoms. The van der Waals surface area contributed by atoms with E-state index >= 15 is 0 Å². The first-order valence-electron chi connectivity index (χ1n) is 3.11. The van der Waals surface area contributed by atoms with Gasteiger partial charge in [-0.25, -0.2) is 0 Å². The van der Waals surface area contributed by atoms with Gasteiger partial charge in [0.2, 0.25) is 0 Å². The SMILES string of the molecule is C=C(C)OC.C=COCC. The molecule has 2 nitrogen and oxygen atoms in total. The van der Waals surface area contributed by atoms with Crippen LogP contribution in [0.1, 0.15) is 13.8 Å². The third kappa shape index (κ3) is 27.6. The summed E-state index contributed by atoms with van der Waals surface area (Å²) in [6.07, 6.45) is 1.43. The predicted octanol–water partition coefficient (Wildman–Crippen LogP) is 2.33. The van der Waals surface area contributed by atoms with Gasteiger partial charge in [0.05, 0.1) is 25.7 Å². The Balaban J connectivity index is 0. The minimum atomic E-state index is 0.726. The van der Waals surface area contributed by atoms with Crippen LogP contribution in [0.2, 0.25) is 0 Å². The van der Waals surface area contributed by atoms with Crippen molar-refractivity contribution < 1.29 is 9.47 Å². The van der Waals surface area contributed by atoms with Crippen molar-refractivity contribution in [3.05, 3.63) is 25.2 Å². The van der Waals surface area contributed by atoms with Crippen molar-refractivity contribution in [3.8, 4) is 0 Å². The molecule has 0 radical (unpaired) electrons. The summed E-state index contributed by atoms with van der Waals surface area (Å²) in [4.78, 5) is 0. The lowest BCUT2D eigenvalue weighted by molar-refractivity contribution is 0.270. The topological polar surface area (TPSA) is 18.5 Å². The van der Waals surface area contributed by atoms with Crippen molar-refractivity contribution >= 4 is 0 Å². The minimum absolute atomic E-state index is 0.726. The molecule has 0 atom stereocenters. The molecule has 0 heterocycles. The van der Waals surface area contributed by atoms with Crippen LogP contribution >= 0.6 is 0 Å². The highest BCUT2D eigenvalue weighted by Crippen LogP contribution is 1.80. The first-order valence-corrected chi connectivity index (χ1v) is 3.11.